The van der Waals surface area contributed by atoms with E-state index in [1.54, 1.807) is 0 Å². The summed E-state index contributed by atoms with van der Waals surface area (Å²) in [6.07, 6.45) is -3.29. The van der Waals surface area contributed by atoms with Gasteiger partial charge in [0.25, 0.3) is 0 Å². The van der Waals surface area contributed by atoms with Crippen LogP contribution < -0.4 is 0 Å². The Kier molecular flexibility index (Phi) is 0.398. The molecule has 0 radical (unpaired) electrons. The first kappa shape index (κ1) is 1.23. The Labute approximate surface area is 51.7 Å². The highest BCUT2D eigenvalue weighted by molar-refractivity contribution is 4.43. The van der Waals surface area contributed by atoms with Crippen molar-refractivity contribution in [2.24, 2.45) is 0 Å². The zero-order valence-electron chi connectivity index (χ0n) is 10.3. The van der Waals surface area contributed by atoms with E-state index in [0.29, 0.717) is 0 Å². The summed E-state index contributed by atoms with van der Waals surface area (Å²) in [5.74, 6) is 0. The smallest absolute Gasteiger partial charge is 0.178 e. The zero-order valence-corrected chi connectivity index (χ0v) is 3.26. The molecule has 7 heavy (non-hydrogen) atoms. The van der Waals surface area contributed by atoms with Crippen molar-refractivity contribution >= 4 is 0 Å². The molecule has 0 aliphatic carbocycles. The van der Waals surface area contributed by atoms with Gasteiger partial charge in [-0.15, -0.1) is 0 Å². The molecular formula is C4H8O3. The van der Waals surface area contributed by atoms with Gasteiger partial charge in [-0.2, -0.15) is 0 Å². The number of ether oxygens (including phenoxy) is 2. The van der Waals surface area contributed by atoms with E-state index < -0.39 is 25.9 Å². The normalized spacial score (nSPS) is 79.9. The maximum atomic E-state index is 9.01. The Hall–Kier alpha value is -0.120. The van der Waals surface area contributed by atoms with E-state index in [9.17, 15) is 0 Å². The van der Waals surface area contributed by atoms with Crippen molar-refractivity contribution in [2.75, 3.05) is 19.7 Å². The van der Waals surface area contributed by atoms with Crippen LogP contribution in [0.15, 0.2) is 0 Å². The summed E-state index contributed by atoms with van der Waals surface area (Å²) >= 11 is 0. The predicted octanol–water partition coefficient (Wildman–Crippen LogP) is -0.648. The summed E-state index contributed by atoms with van der Waals surface area (Å²) < 4.78 is 56.6. The fraction of sp³-hybridized carbons (Fsp3) is 1.00. The quantitative estimate of drug-likeness (QED) is 0.451. The van der Waals surface area contributed by atoms with Gasteiger partial charge in [0.05, 0.1) is 29.3 Å². The lowest BCUT2D eigenvalue weighted by Crippen LogP contribution is -2.27. The summed E-state index contributed by atoms with van der Waals surface area (Å²) in [4.78, 5) is 0. The van der Waals surface area contributed by atoms with Crippen LogP contribution in [0, 0.1) is 0 Å². The molecule has 42 valence electrons. The molecule has 0 bridgehead atoms. The molecule has 1 atom stereocenters. The number of aliphatic hydroxyl groups is 1. The van der Waals surface area contributed by atoms with Crippen LogP contribution >= 0.6 is 0 Å². The minimum absolute atomic E-state index is 3.08. The summed E-state index contributed by atoms with van der Waals surface area (Å²) in [7, 11) is 0. The third-order valence-corrected chi connectivity index (χ3v) is 0.379. The van der Waals surface area contributed by atoms with Crippen LogP contribution in [0.3, 0.4) is 0 Å². The van der Waals surface area contributed by atoms with Crippen molar-refractivity contribution in [2.45, 2.75) is 6.27 Å². The molecule has 0 amide bonds. The molecule has 0 saturated carbocycles. The van der Waals surface area contributed by atoms with E-state index in [4.69, 9.17) is 14.7 Å². The van der Waals surface area contributed by atoms with Crippen LogP contribution in [0.1, 0.15) is 9.60 Å². The van der Waals surface area contributed by atoms with Gasteiger partial charge in [0.15, 0.2) is 6.27 Å². The van der Waals surface area contributed by atoms with Crippen molar-refractivity contribution in [1.29, 1.82) is 0 Å². The molecule has 0 spiro atoms. The largest absolute Gasteiger partial charge is 0.374 e. The maximum Gasteiger partial charge on any atom is 0.178 e. The molecule has 1 N–H and O–H groups in total. The molecule has 1 aliphatic rings. The van der Waals surface area contributed by atoms with Crippen molar-refractivity contribution < 1.29 is 24.2 Å². The molecule has 1 heterocycles. The first-order valence-corrected chi connectivity index (χ1v) is 1.54. The standard InChI is InChI=1S/C4H8O3/c5-4-3-6-1-2-7-4/h4-5H,1-3H2/i1D2,2D2,3D2,4D. The summed E-state index contributed by atoms with van der Waals surface area (Å²) in [6.45, 7) is -9.33. The topological polar surface area (TPSA) is 38.7 Å². The zero-order chi connectivity index (χ0) is 11.4. The fourth-order valence-corrected chi connectivity index (χ4v) is 0.180. The monoisotopic (exact) mass is 111 g/mol. The van der Waals surface area contributed by atoms with E-state index in [-0.39, 0.29) is 0 Å². The number of hydrogen-bond donors (Lipinski definition) is 1. The third-order valence-electron chi connectivity index (χ3n) is 0.379. The molecule has 0 aromatic rings. The van der Waals surface area contributed by atoms with E-state index in [0.717, 1.165) is 0 Å². The minimum Gasteiger partial charge on any atom is -0.374 e. The van der Waals surface area contributed by atoms with Gasteiger partial charge in [0.1, 0.15) is 0 Å². The van der Waals surface area contributed by atoms with Crippen LogP contribution in [0.2, 0.25) is 0 Å². The second-order valence-corrected chi connectivity index (χ2v) is 0.815. The van der Waals surface area contributed by atoms with Crippen LogP contribution in [0.25, 0.3) is 0 Å². The molecule has 0 aromatic heterocycles. The third kappa shape index (κ3) is 1.43. The molecule has 1 aliphatic heterocycles. The molecule has 1 rings (SSSR count). The van der Waals surface area contributed by atoms with Crippen LogP contribution in [-0.2, 0) is 9.47 Å². The average molecular weight is 111 g/mol. The summed E-state index contributed by atoms with van der Waals surface area (Å²) in [5, 5.41) is 9.01. The summed E-state index contributed by atoms with van der Waals surface area (Å²) in [6, 6.07) is 0. The lowest BCUT2D eigenvalue weighted by Gasteiger charge is -2.16. The second kappa shape index (κ2) is 2.26. The van der Waals surface area contributed by atoms with E-state index in [1.807, 2.05) is 0 Å². The van der Waals surface area contributed by atoms with E-state index in [1.165, 1.54) is 0 Å². The Balaban J connectivity index is 3.07. The number of rotatable bonds is 0. The van der Waals surface area contributed by atoms with Gasteiger partial charge in [-0.3, -0.25) is 0 Å². The minimum atomic E-state index is -3.29. The maximum absolute atomic E-state index is 9.01. The molecule has 0 aromatic carbocycles. The van der Waals surface area contributed by atoms with Gasteiger partial charge >= 0.3 is 0 Å². The molecule has 1 saturated heterocycles. The number of hydrogen-bond acceptors (Lipinski definition) is 3. The van der Waals surface area contributed by atoms with E-state index in [2.05, 4.69) is 9.47 Å². The van der Waals surface area contributed by atoms with Crippen molar-refractivity contribution in [3.05, 3.63) is 0 Å². The van der Waals surface area contributed by atoms with Gasteiger partial charge < -0.3 is 14.6 Å². The highest BCUT2D eigenvalue weighted by Gasteiger charge is 2.07. The Morgan fingerprint density at radius 1 is 1.86 bits per heavy atom. The van der Waals surface area contributed by atoms with Gasteiger partial charge in [-0.05, 0) is 0 Å². The SMILES string of the molecule is [2H]C1([2H])OC([2H])([2H])C([2H])(O)OC1([2H])[2H]. The van der Waals surface area contributed by atoms with Crippen molar-refractivity contribution in [3.63, 3.8) is 0 Å². The highest BCUT2D eigenvalue weighted by Crippen LogP contribution is 1.94. The highest BCUT2D eigenvalue weighted by atomic mass is 16.7. The van der Waals surface area contributed by atoms with Gasteiger partial charge in [0.2, 0.25) is 0 Å². The molecular weight excluding hydrogens is 96.0 g/mol. The van der Waals surface area contributed by atoms with Gasteiger partial charge in [0, 0.05) is 0 Å². The van der Waals surface area contributed by atoms with Crippen molar-refractivity contribution in [3.8, 4) is 0 Å². The molecule has 1 fully saturated rings. The summed E-state index contributed by atoms with van der Waals surface area (Å²) in [5.41, 5.74) is 0. The Bertz CT molecular complexity index is 199. The Morgan fingerprint density at radius 2 is 2.71 bits per heavy atom. The van der Waals surface area contributed by atoms with Gasteiger partial charge in [-0.25, -0.2) is 0 Å². The second-order valence-electron chi connectivity index (χ2n) is 0.815. The average Bonchev–Trinajstić information content (AvgIpc) is 1.78. The lowest BCUT2D eigenvalue weighted by atomic mass is 10.6. The van der Waals surface area contributed by atoms with Crippen LogP contribution in [-0.4, -0.2) is 31.0 Å². The van der Waals surface area contributed by atoms with Crippen LogP contribution in [0.4, 0.5) is 0 Å². The fourth-order valence-electron chi connectivity index (χ4n) is 0.180. The predicted molar refractivity (Wildman–Crippen MR) is 22.8 cm³/mol. The molecule has 1 unspecified atom stereocenters. The first-order chi connectivity index (χ1) is 5.91. The van der Waals surface area contributed by atoms with Crippen molar-refractivity contribution in [1.82, 2.24) is 0 Å². The molecule has 3 nitrogen and oxygen atoms in total. The van der Waals surface area contributed by atoms with Crippen LogP contribution in [0.5, 0.6) is 0 Å². The molecule has 3 heteroatoms. The Morgan fingerprint density at radius 3 is 3.43 bits per heavy atom. The lowest BCUT2D eigenvalue weighted by molar-refractivity contribution is -0.184. The first-order valence-electron chi connectivity index (χ1n) is 5.04. The van der Waals surface area contributed by atoms with E-state index >= 15 is 0 Å². The van der Waals surface area contributed by atoms with Gasteiger partial charge in [-0.1, -0.05) is 0 Å².